The summed E-state index contributed by atoms with van der Waals surface area (Å²) in [6, 6.07) is 15.0. The molecule has 0 bridgehead atoms. The van der Waals surface area contributed by atoms with Crippen LogP contribution in [0.5, 0.6) is 0 Å². The molecule has 0 aromatic heterocycles. The number of aryl methyl sites for hydroxylation is 2. The van der Waals surface area contributed by atoms with Crippen molar-refractivity contribution in [1.29, 1.82) is 0 Å². The molecule has 2 rings (SSSR count). The lowest BCUT2D eigenvalue weighted by Crippen LogP contribution is -1.91. The van der Waals surface area contributed by atoms with Gasteiger partial charge in [0.25, 0.3) is 0 Å². The van der Waals surface area contributed by atoms with Gasteiger partial charge in [0.15, 0.2) is 0 Å². The van der Waals surface area contributed by atoms with Crippen LogP contribution in [0, 0.1) is 13.8 Å². The summed E-state index contributed by atoms with van der Waals surface area (Å²) in [5.74, 6) is 0. The topological polar surface area (TPSA) is 0 Å². The van der Waals surface area contributed by atoms with E-state index in [2.05, 4.69) is 68.9 Å². The summed E-state index contributed by atoms with van der Waals surface area (Å²) in [7, 11) is 0. The fraction of sp³-hybridized carbons (Fsp3) is 0.200. The van der Waals surface area contributed by atoms with E-state index in [1.165, 1.54) is 22.3 Å². The summed E-state index contributed by atoms with van der Waals surface area (Å²) in [6.45, 7) is 4.24. The molecule has 1 heteroatoms. The van der Waals surface area contributed by atoms with E-state index in [1.54, 1.807) is 0 Å². The third-order valence-corrected chi connectivity index (χ3v) is 3.15. The van der Waals surface area contributed by atoms with Gasteiger partial charge in [0.2, 0.25) is 0 Å². The molecule has 0 amide bonds. The predicted octanol–water partition coefficient (Wildman–Crippen LogP) is 4.18. The molecule has 82 valence electrons. The van der Waals surface area contributed by atoms with Gasteiger partial charge >= 0.3 is 0 Å². The molecule has 0 aliphatic heterocycles. The first-order valence-electron chi connectivity index (χ1n) is 5.49. The van der Waals surface area contributed by atoms with Crippen LogP contribution in [0.1, 0.15) is 22.3 Å². The Hall–Kier alpha value is -1.21. The van der Waals surface area contributed by atoms with Crippen molar-refractivity contribution in [2.75, 3.05) is 0 Å². The summed E-state index contributed by atoms with van der Waals surface area (Å²) in [5.41, 5.74) is 5.25. The molecule has 0 aliphatic rings. The SMILES string of the molecule is Cc1cccc(Cc2cc(C)ccc2S)c1. The van der Waals surface area contributed by atoms with Gasteiger partial charge in [0, 0.05) is 4.90 Å². The second-order valence-electron chi connectivity index (χ2n) is 4.30. The van der Waals surface area contributed by atoms with E-state index in [0.717, 1.165) is 11.3 Å². The van der Waals surface area contributed by atoms with E-state index in [1.807, 2.05) is 0 Å². The Kier molecular flexibility index (Phi) is 3.35. The average Bonchev–Trinajstić information content (AvgIpc) is 2.24. The average molecular weight is 228 g/mol. The molecular weight excluding hydrogens is 212 g/mol. The zero-order chi connectivity index (χ0) is 11.5. The predicted molar refractivity (Wildman–Crippen MR) is 72.4 cm³/mol. The highest BCUT2D eigenvalue weighted by atomic mass is 32.1. The van der Waals surface area contributed by atoms with Crippen LogP contribution in [-0.4, -0.2) is 0 Å². The van der Waals surface area contributed by atoms with Gasteiger partial charge in [-0.3, -0.25) is 0 Å². The van der Waals surface area contributed by atoms with Gasteiger partial charge in [-0.15, -0.1) is 12.6 Å². The minimum absolute atomic E-state index is 0.961. The fourth-order valence-electron chi connectivity index (χ4n) is 1.90. The zero-order valence-electron chi connectivity index (χ0n) is 9.70. The summed E-state index contributed by atoms with van der Waals surface area (Å²) >= 11 is 4.50. The number of hydrogen-bond acceptors (Lipinski definition) is 1. The maximum absolute atomic E-state index is 4.50. The van der Waals surface area contributed by atoms with Gasteiger partial charge in [-0.1, -0.05) is 47.5 Å². The van der Waals surface area contributed by atoms with E-state index in [9.17, 15) is 0 Å². The molecule has 16 heavy (non-hydrogen) atoms. The molecule has 0 heterocycles. The van der Waals surface area contributed by atoms with Crippen molar-refractivity contribution < 1.29 is 0 Å². The molecular formula is C15H16S. The van der Waals surface area contributed by atoms with Crippen LogP contribution in [-0.2, 0) is 6.42 Å². The highest BCUT2D eigenvalue weighted by molar-refractivity contribution is 7.80. The first-order chi connectivity index (χ1) is 7.65. The number of hydrogen-bond donors (Lipinski definition) is 1. The van der Waals surface area contributed by atoms with Gasteiger partial charge in [0.1, 0.15) is 0 Å². The molecule has 0 N–H and O–H groups in total. The number of benzene rings is 2. The van der Waals surface area contributed by atoms with Crippen LogP contribution in [0.25, 0.3) is 0 Å². The van der Waals surface area contributed by atoms with Crippen LogP contribution in [0.4, 0.5) is 0 Å². The Morgan fingerprint density at radius 2 is 1.69 bits per heavy atom. The minimum Gasteiger partial charge on any atom is -0.143 e. The van der Waals surface area contributed by atoms with Crippen molar-refractivity contribution in [3.05, 3.63) is 64.7 Å². The lowest BCUT2D eigenvalue weighted by Gasteiger charge is -2.07. The largest absolute Gasteiger partial charge is 0.143 e. The van der Waals surface area contributed by atoms with Crippen LogP contribution in [0.3, 0.4) is 0 Å². The molecule has 0 fully saturated rings. The monoisotopic (exact) mass is 228 g/mol. The van der Waals surface area contributed by atoms with Gasteiger partial charge in [-0.2, -0.15) is 0 Å². The Bertz CT molecular complexity index is 501. The molecule has 0 aliphatic carbocycles. The van der Waals surface area contributed by atoms with Crippen LogP contribution in [0.15, 0.2) is 47.4 Å². The van der Waals surface area contributed by atoms with E-state index < -0.39 is 0 Å². The van der Waals surface area contributed by atoms with Crippen molar-refractivity contribution >= 4 is 12.6 Å². The molecule has 0 saturated heterocycles. The van der Waals surface area contributed by atoms with Crippen molar-refractivity contribution in [1.82, 2.24) is 0 Å². The molecule has 0 atom stereocenters. The quantitative estimate of drug-likeness (QED) is 0.732. The van der Waals surface area contributed by atoms with Crippen molar-refractivity contribution in [2.45, 2.75) is 25.2 Å². The van der Waals surface area contributed by atoms with Gasteiger partial charge in [0.05, 0.1) is 0 Å². The van der Waals surface area contributed by atoms with Gasteiger partial charge < -0.3 is 0 Å². The number of thiol groups is 1. The Morgan fingerprint density at radius 3 is 2.44 bits per heavy atom. The van der Waals surface area contributed by atoms with Crippen LogP contribution >= 0.6 is 12.6 Å². The highest BCUT2D eigenvalue weighted by Gasteiger charge is 2.01. The third kappa shape index (κ3) is 2.67. The number of rotatable bonds is 2. The maximum Gasteiger partial charge on any atom is 0.00756 e. The molecule has 2 aromatic carbocycles. The summed E-state index contributed by atoms with van der Waals surface area (Å²) in [5, 5.41) is 0. The maximum atomic E-state index is 4.50. The van der Waals surface area contributed by atoms with E-state index in [-0.39, 0.29) is 0 Å². The second-order valence-corrected chi connectivity index (χ2v) is 4.78. The Morgan fingerprint density at radius 1 is 0.938 bits per heavy atom. The van der Waals surface area contributed by atoms with Crippen molar-refractivity contribution in [2.24, 2.45) is 0 Å². The molecule has 0 nitrogen and oxygen atoms in total. The van der Waals surface area contributed by atoms with E-state index in [4.69, 9.17) is 0 Å². The zero-order valence-corrected chi connectivity index (χ0v) is 10.6. The fourth-order valence-corrected chi connectivity index (χ4v) is 2.12. The second kappa shape index (κ2) is 4.75. The highest BCUT2D eigenvalue weighted by Crippen LogP contribution is 2.19. The molecule has 0 saturated carbocycles. The first-order valence-corrected chi connectivity index (χ1v) is 5.94. The van der Waals surface area contributed by atoms with Gasteiger partial charge in [-0.05, 0) is 37.5 Å². The summed E-state index contributed by atoms with van der Waals surface area (Å²) in [6.07, 6.45) is 0.961. The molecule has 0 radical (unpaired) electrons. The van der Waals surface area contributed by atoms with Crippen LogP contribution < -0.4 is 0 Å². The van der Waals surface area contributed by atoms with E-state index >= 15 is 0 Å². The van der Waals surface area contributed by atoms with Crippen LogP contribution in [0.2, 0.25) is 0 Å². The molecule has 0 unspecified atom stereocenters. The smallest absolute Gasteiger partial charge is 0.00756 e. The first kappa shape index (κ1) is 11.3. The van der Waals surface area contributed by atoms with Gasteiger partial charge in [-0.25, -0.2) is 0 Å². The molecule has 0 spiro atoms. The minimum atomic E-state index is 0.961. The Balaban J connectivity index is 2.30. The van der Waals surface area contributed by atoms with E-state index in [0.29, 0.717) is 0 Å². The lowest BCUT2D eigenvalue weighted by atomic mass is 10.0. The van der Waals surface area contributed by atoms with Crippen molar-refractivity contribution in [3.8, 4) is 0 Å². The summed E-state index contributed by atoms with van der Waals surface area (Å²) in [4.78, 5) is 1.08. The normalized spacial score (nSPS) is 10.4. The standard InChI is InChI=1S/C15H16S/c1-11-4-3-5-13(8-11)10-14-9-12(2)6-7-15(14)16/h3-9,16H,10H2,1-2H3. The van der Waals surface area contributed by atoms with Crippen molar-refractivity contribution in [3.63, 3.8) is 0 Å². The lowest BCUT2D eigenvalue weighted by molar-refractivity contribution is 1.11. The Labute approximate surface area is 103 Å². The summed E-state index contributed by atoms with van der Waals surface area (Å²) < 4.78 is 0. The third-order valence-electron chi connectivity index (χ3n) is 2.71. The molecule has 2 aromatic rings.